The highest BCUT2D eigenvalue weighted by molar-refractivity contribution is 6.04. The van der Waals surface area contributed by atoms with E-state index in [1.807, 2.05) is 0 Å². The standard InChI is InChI=1S/C17H21FN2O4/c18-14-6-2-1-5-12(14)10-24-11-13(21)9-20-16(22)15-7-3-4-8-19(15)17(20)23/h1-2,5-6,13,15,21H,3-4,7-11H2/t13-,15-/m1/s1. The molecule has 3 amide bonds. The van der Waals surface area contributed by atoms with Gasteiger partial charge in [0.2, 0.25) is 0 Å². The summed E-state index contributed by atoms with van der Waals surface area (Å²) in [5.41, 5.74) is 0.398. The summed E-state index contributed by atoms with van der Waals surface area (Å²) in [5.74, 6) is -0.610. The molecule has 1 N–H and O–H groups in total. The van der Waals surface area contributed by atoms with Crippen molar-refractivity contribution in [3.63, 3.8) is 0 Å². The Morgan fingerprint density at radius 1 is 1.29 bits per heavy atom. The molecule has 0 aliphatic carbocycles. The van der Waals surface area contributed by atoms with E-state index in [0.717, 1.165) is 17.7 Å². The molecule has 2 fully saturated rings. The van der Waals surface area contributed by atoms with Crippen LogP contribution in [0.15, 0.2) is 24.3 Å². The number of amides is 3. The normalized spacial score (nSPS) is 22.0. The van der Waals surface area contributed by atoms with Gasteiger partial charge in [0.05, 0.1) is 25.9 Å². The Labute approximate surface area is 139 Å². The van der Waals surface area contributed by atoms with E-state index < -0.39 is 6.10 Å². The SMILES string of the molecule is O=C1[C@H]2CCCCN2C(=O)N1C[C@@H](O)COCc1ccccc1F. The number of halogens is 1. The molecule has 2 saturated heterocycles. The Morgan fingerprint density at radius 3 is 2.83 bits per heavy atom. The first-order valence-electron chi connectivity index (χ1n) is 8.19. The van der Waals surface area contributed by atoms with Gasteiger partial charge in [-0.1, -0.05) is 18.2 Å². The fraction of sp³-hybridized carbons (Fsp3) is 0.529. The number of hydrogen-bond donors (Lipinski definition) is 1. The minimum absolute atomic E-state index is 0.0282. The number of hydrogen-bond acceptors (Lipinski definition) is 4. The fourth-order valence-electron chi connectivity index (χ4n) is 3.20. The number of fused-ring (bicyclic) bond motifs is 1. The van der Waals surface area contributed by atoms with Crippen LogP contribution in [0, 0.1) is 5.82 Å². The summed E-state index contributed by atoms with van der Waals surface area (Å²) in [7, 11) is 0. The van der Waals surface area contributed by atoms with Crippen LogP contribution in [0.2, 0.25) is 0 Å². The molecule has 130 valence electrons. The second-order valence-corrected chi connectivity index (χ2v) is 6.20. The van der Waals surface area contributed by atoms with E-state index in [9.17, 15) is 19.1 Å². The van der Waals surface area contributed by atoms with Crippen LogP contribution in [0.1, 0.15) is 24.8 Å². The first kappa shape index (κ1) is 16.9. The number of aliphatic hydroxyl groups is 1. The predicted molar refractivity (Wildman–Crippen MR) is 83.5 cm³/mol. The van der Waals surface area contributed by atoms with Crippen molar-refractivity contribution in [1.82, 2.24) is 9.80 Å². The first-order chi connectivity index (χ1) is 11.6. The number of rotatable bonds is 6. The lowest BCUT2D eigenvalue weighted by Crippen LogP contribution is -2.40. The minimum atomic E-state index is -0.994. The van der Waals surface area contributed by atoms with E-state index >= 15 is 0 Å². The van der Waals surface area contributed by atoms with Crippen molar-refractivity contribution in [2.24, 2.45) is 0 Å². The molecular formula is C17H21FN2O4. The number of nitrogens with zero attached hydrogens (tertiary/aromatic N) is 2. The zero-order chi connectivity index (χ0) is 17.1. The smallest absolute Gasteiger partial charge is 0.327 e. The van der Waals surface area contributed by atoms with Gasteiger partial charge in [0.25, 0.3) is 5.91 Å². The van der Waals surface area contributed by atoms with Crippen LogP contribution in [0.4, 0.5) is 9.18 Å². The van der Waals surface area contributed by atoms with Crippen LogP contribution in [0.25, 0.3) is 0 Å². The van der Waals surface area contributed by atoms with Crippen molar-refractivity contribution in [2.45, 2.75) is 38.0 Å². The third-order valence-electron chi connectivity index (χ3n) is 4.45. The molecule has 0 bridgehead atoms. The summed E-state index contributed by atoms with van der Waals surface area (Å²) >= 11 is 0. The molecule has 0 radical (unpaired) electrons. The fourth-order valence-corrected chi connectivity index (χ4v) is 3.20. The lowest BCUT2D eigenvalue weighted by Gasteiger charge is -2.26. The number of ether oxygens (including phenoxy) is 1. The topological polar surface area (TPSA) is 70.1 Å². The third kappa shape index (κ3) is 3.42. The van der Waals surface area contributed by atoms with E-state index in [4.69, 9.17) is 4.74 Å². The molecule has 6 nitrogen and oxygen atoms in total. The van der Waals surface area contributed by atoms with Crippen LogP contribution < -0.4 is 0 Å². The van der Waals surface area contributed by atoms with Gasteiger partial charge in [0.1, 0.15) is 11.9 Å². The Bertz CT molecular complexity index is 600. The molecule has 0 saturated carbocycles. The minimum Gasteiger partial charge on any atom is -0.389 e. The lowest BCUT2D eigenvalue weighted by atomic mass is 10.0. The number of piperidine rings is 1. The molecule has 2 aliphatic heterocycles. The number of carbonyl (C=O) groups is 2. The highest BCUT2D eigenvalue weighted by atomic mass is 19.1. The summed E-state index contributed by atoms with van der Waals surface area (Å²) < 4.78 is 18.8. The van der Waals surface area contributed by atoms with Crippen molar-refractivity contribution in [1.29, 1.82) is 0 Å². The van der Waals surface area contributed by atoms with Gasteiger partial charge in [-0.15, -0.1) is 0 Å². The van der Waals surface area contributed by atoms with Gasteiger partial charge in [-0.2, -0.15) is 0 Å². The molecule has 1 aromatic carbocycles. The van der Waals surface area contributed by atoms with Crippen molar-refractivity contribution in [2.75, 3.05) is 19.7 Å². The van der Waals surface area contributed by atoms with Gasteiger partial charge in [-0.3, -0.25) is 9.69 Å². The van der Waals surface area contributed by atoms with Crippen molar-refractivity contribution < 1.29 is 23.8 Å². The molecular weight excluding hydrogens is 315 g/mol. The maximum Gasteiger partial charge on any atom is 0.327 e. The van der Waals surface area contributed by atoms with Crippen LogP contribution in [-0.4, -0.2) is 58.7 Å². The summed E-state index contributed by atoms with van der Waals surface area (Å²) in [6.45, 7) is 0.448. The van der Waals surface area contributed by atoms with Gasteiger partial charge in [-0.25, -0.2) is 9.18 Å². The highest BCUT2D eigenvalue weighted by Gasteiger charge is 2.46. The van der Waals surface area contributed by atoms with Gasteiger partial charge in [0.15, 0.2) is 0 Å². The van der Waals surface area contributed by atoms with Gasteiger partial charge in [0, 0.05) is 12.1 Å². The molecule has 2 aliphatic rings. The van der Waals surface area contributed by atoms with Gasteiger partial charge in [-0.05, 0) is 25.3 Å². The van der Waals surface area contributed by atoms with Crippen LogP contribution in [0.5, 0.6) is 0 Å². The monoisotopic (exact) mass is 336 g/mol. The van der Waals surface area contributed by atoms with Crippen LogP contribution in [0.3, 0.4) is 0 Å². The zero-order valence-electron chi connectivity index (χ0n) is 13.4. The zero-order valence-corrected chi connectivity index (χ0v) is 13.4. The van der Waals surface area contributed by atoms with E-state index in [-0.39, 0.29) is 43.6 Å². The number of β-amino-alcohol motifs (C(OH)–C–C–N with tert-alkyl or cyclic N) is 1. The number of benzene rings is 1. The number of aliphatic hydroxyl groups excluding tert-OH is 1. The molecule has 0 unspecified atom stereocenters. The maximum atomic E-state index is 13.5. The van der Waals surface area contributed by atoms with Crippen LogP contribution >= 0.6 is 0 Å². The van der Waals surface area contributed by atoms with E-state index in [0.29, 0.717) is 18.5 Å². The highest BCUT2D eigenvalue weighted by Crippen LogP contribution is 2.26. The van der Waals surface area contributed by atoms with Crippen LogP contribution in [-0.2, 0) is 16.1 Å². The molecule has 1 aromatic rings. The number of urea groups is 1. The Hall–Kier alpha value is -1.99. The lowest BCUT2D eigenvalue weighted by molar-refractivity contribution is -0.130. The number of carbonyl (C=O) groups excluding carboxylic acids is 2. The maximum absolute atomic E-state index is 13.5. The Kier molecular flexibility index (Phi) is 5.11. The third-order valence-corrected chi connectivity index (χ3v) is 4.45. The van der Waals surface area contributed by atoms with Gasteiger partial charge >= 0.3 is 6.03 Å². The van der Waals surface area contributed by atoms with E-state index in [1.165, 1.54) is 6.07 Å². The first-order valence-corrected chi connectivity index (χ1v) is 8.19. The van der Waals surface area contributed by atoms with Gasteiger partial charge < -0.3 is 14.7 Å². The summed E-state index contributed by atoms with van der Waals surface area (Å²) in [6.07, 6.45) is 1.52. The summed E-state index contributed by atoms with van der Waals surface area (Å²) in [6, 6.07) is 5.53. The summed E-state index contributed by atoms with van der Waals surface area (Å²) in [5, 5.41) is 10.0. The summed E-state index contributed by atoms with van der Waals surface area (Å²) in [4.78, 5) is 27.2. The molecule has 7 heteroatoms. The average Bonchev–Trinajstić information content (AvgIpc) is 2.82. The molecule has 0 spiro atoms. The molecule has 2 atom stereocenters. The predicted octanol–water partition coefficient (Wildman–Crippen LogP) is 1.52. The van der Waals surface area contributed by atoms with E-state index in [2.05, 4.69) is 0 Å². The molecule has 3 rings (SSSR count). The van der Waals surface area contributed by atoms with Crippen molar-refractivity contribution in [3.05, 3.63) is 35.6 Å². The van der Waals surface area contributed by atoms with Crippen molar-refractivity contribution >= 4 is 11.9 Å². The van der Waals surface area contributed by atoms with Crippen molar-refractivity contribution in [3.8, 4) is 0 Å². The Balaban J connectivity index is 1.50. The second-order valence-electron chi connectivity index (χ2n) is 6.20. The second kappa shape index (κ2) is 7.27. The quantitative estimate of drug-likeness (QED) is 0.800. The molecule has 24 heavy (non-hydrogen) atoms. The largest absolute Gasteiger partial charge is 0.389 e. The Morgan fingerprint density at radius 2 is 2.08 bits per heavy atom. The molecule has 0 aromatic heterocycles. The average molecular weight is 336 g/mol. The number of imide groups is 1. The molecule has 2 heterocycles. The van der Waals surface area contributed by atoms with E-state index in [1.54, 1.807) is 23.1 Å².